The van der Waals surface area contributed by atoms with E-state index in [0.717, 1.165) is 11.3 Å². The molecule has 0 saturated heterocycles. The molecule has 1 aliphatic carbocycles. The molecule has 2 aliphatic rings. The third kappa shape index (κ3) is 0.621. The molecule has 0 spiro atoms. The quantitative estimate of drug-likeness (QED) is 0.539. The van der Waals surface area contributed by atoms with Crippen molar-refractivity contribution in [3.8, 4) is 11.3 Å². The van der Waals surface area contributed by atoms with E-state index in [2.05, 4.69) is 10.3 Å². The van der Waals surface area contributed by atoms with Crippen LogP contribution in [0.1, 0.15) is 0 Å². The molecule has 1 heterocycles. The normalized spacial score (nSPS) is 10.4. The van der Waals surface area contributed by atoms with Gasteiger partial charge in [0.1, 0.15) is 0 Å². The fraction of sp³-hybridized carbons (Fsp3) is 0. The van der Waals surface area contributed by atoms with Gasteiger partial charge in [-0.15, -0.1) is 5.10 Å². The van der Waals surface area contributed by atoms with Gasteiger partial charge in [0.2, 0.25) is 0 Å². The number of rotatable bonds is 0. The summed E-state index contributed by atoms with van der Waals surface area (Å²) in [4.78, 5) is 0.697. The van der Waals surface area contributed by atoms with Crippen LogP contribution in [0.5, 0.6) is 0 Å². The summed E-state index contributed by atoms with van der Waals surface area (Å²) in [7, 11) is 0. The highest BCUT2D eigenvalue weighted by atomic mass is 16.5. The first-order valence-corrected chi connectivity index (χ1v) is 2.86. The maximum absolute atomic E-state index is 8.79. The van der Waals surface area contributed by atoms with Crippen LogP contribution in [0.3, 0.4) is 0 Å². The van der Waals surface area contributed by atoms with E-state index in [1.807, 2.05) is 18.2 Å². The second-order valence-electron chi connectivity index (χ2n) is 2.01. The van der Waals surface area contributed by atoms with Crippen LogP contribution in [-0.2, 0) is 0 Å². The molecular formula is C6H5N3O. The van der Waals surface area contributed by atoms with E-state index in [9.17, 15) is 0 Å². The lowest BCUT2D eigenvalue weighted by molar-refractivity contribution is 0.135. The second-order valence-corrected chi connectivity index (χ2v) is 2.01. The summed E-state index contributed by atoms with van der Waals surface area (Å²) in [6, 6.07) is 5.55. The van der Waals surface area contributed by atoms with Crippen LogP contribution in [-0.4, -0.2) is 20.4 Å². The summed E-state index contributed by atoms with van der Waals surface area (Å²) in [6.45, 7) is 0. The molecule has 0 bridgehead atoms. The van der Waals surface area contributed by atoms with Gasteiger partial charge in [-0.2, -0.15) is 0 Å². The fourth-order valence-electron chi connectivity index (χ4n) is 0.869. The van der Waals surface area contributed by atoms with Gasteiger partial charge in [-0.05, 0) is 11.3 Å². The second kappa shape index (κ2) is 1.70. The van der Waals surface area contributed by atoms with Crippen LogP contribution < -0.4 is 0 Å². The largest absolute Gasteiger partial charge is 0.411 e. The third-order valence-corrected chi connectivity index (χ3v) is 1.32. The van der Waals surface area contributed by atoms with E-state index < -0.39 is 0 Å². The summed E-state index contributed by atoms with van der Waals surface area (Å²) >= 11 is 0. The van der Waals surface area contributed by atoms with Crippen molar-refractivity contribution in [2.24, 2.45) is 0 Å². The summed E-state index contributed by atoms with van der Waals surface area (Å²) in [6.07, 6.45) is 1.50. The number of hydrogen-bond acceptors (Lipinski definition) is 3. The van der Waals surface area contributed by atoms with Gasteiger partial charge in [0.05, 0.1) is 11.9 Å². The zero-order valence-electron chi connectivity index (χ0n) is 5.10. The molecule has 0 aromatic carbocycles. The summed E-state index contributed by atoms with van der Waals surface area (Å²) in [5.41, 5.74) is 1.68. The smallest absolute Gasteiger partial charge is 0.0964 e. The highest BCUT2D eigenvalue weighted by molar-refractivity contribution is 5.59. The summed E-state index contributed by atoms with van der Waals surface area (Å²) in [5, 5.41) is 15.9. The van der Waals surface area contributed by atoms with Crippen LogP contribution in [0, 0.1) is 0 Å². The Morgan fingerprint density at radius 3 is 3.20 bits per heavy atom. The summed E-state index contributed by atoms with van der Waals surface area (Å²) in [5.74, 6) is 0. The Morgan fingerprint density at radius 1 is 1.40 bits per heavy atom. The van der Waals surface area contributed by atoms with Crippen molar-refractivity contribution >= 4 is 0 Å². The predicted octanol–water partition coefficient (Wildman–Crippen LogP) is 0.620. The maximum Gasteiger partial charge on any atom is 0.0964 e. The monoisotopic (exact) mass is 135 g/mol. The van der Waals surface area contributed by atoms with Gasteiger partial charge in [0.25, 0.3) is 0 Å². The van der Waals surface area contributed by atoms with Crippen molar-refractivity contribution in [3.63, 3.8) is 0 Å². The molecule has 0 saturated carbocycles. The van der Waals surface area contributed by atoms with Crippen LogP contribution in [0.4, 0.5) is 0 Å². The number of nitrogens with zero attached hydrogens (tertiary/aromatic N) is 3. The highest BCUT2D eigenvalue weighted by Gasteiger charge is 2.02. The fourth-order valence-corrected chi connectivity index (χ4v) is 0.869. The zero-order valence-corrected chi connectivity index (χ0v) is 5.10. The standard InChI is InChI=1S/C6H5N3O/c10-9-4-5-2-1-3-6(5)7-8-9/h1-4,10H. The van der Waals surface area contributed by atoms with E-state index in [1.54, 1.807) is 0 Å². The van der Waals surface area contributed by atoms with Gasteiger partial charge >= 0.3 is 0 Å². The molecular weight excluding hydrogens is 130 g/mol. The van der Waals surface area contributed by atoms with Crippen molar-refractivity contribution < 1.29 is 5.21 Å². The molecule has 1 N–H and O–H groups in total. The molecule has 0 fully saturated rings. The Balaban J connectivity index is 2.75. The van der Waals surface area contributed by atoms with Crippen LogP contribution in [0.2, 0.25) is 0 Å². The van der Waals surface area contributed by atoms with Crippen LogP contribution in [0.25, 0.3) is 11.3 Å². The van der Waals surface area contributed by atoms with E-state index in [1.165, 1.54) is 6.20 Å². The Hall–Kier alpha value is -1.58. The SMILES string of the molecule is On1cc2cccc-2nn1. The van der Waals surface area contributed by atoms with Crippen molar-refractivity contribution in [1.29, 1.82) is 0 Å². The minimum Gasteiger partial charge on any atom is -0.411 e. The van der Waals surface area contributed by atoms with Crippen molar-refractivity contribution in [3.05, 3.63) is 24.4 Å². The lowest BCUT2D eigenvalue weighted by Crippen LogP contribution is -2.01. The topological polar surface area (TPSA) is 50.9 Å². The van der Waals surface area contributed by atoms with Gasteiger partial charge in [-0.3, -0.25) is 0 Å². The van der Waals surface area contributed by atoms with Crippen LogP contribution >= 0.6 is 0 Å². The van der Waals surface area contributed by atoms with Crippen molar-refractivity contribution in [1.82, 2.24) is 15.2 Å². The first-order valence-electron chi connectivity index (χ1n) is 2.86. The van der Waals surface area contributed by atoms with E-state index in [4.69, 9.17) is 5.21 Å². The van der Waals surface area contributed by atoms with Gasteiger partial charge in [-0.1, -0.05) is 17.0 Å². The third-order valence-electron chi connectivity index (χ3n) is 1.32. The molecule has 2 rings (SSSR count). The Bertz CT molecular complexity index is 317. The van der Waals surface area contributed by atoms with Crippen molar-refractivity contribution in [2.75, 3.05) is 0 Å². The molecule has 0 atom stereocenters. The van der Waals surface area contributed by atoms with Crippen molar-refractivity contribution in [2.45, 2.75) is 0 Å². The molecule has 0 unspecified atom stereocenters. The van der Waals surface area contributed by atoms with E-state index >= 15 is 0 Å². The first-order chi connectivity index (χ1) is 4.86. The Morgan fingerprint density at radius 2 is 2.30 bits per heavy atom. The molecule has 0 amide bonds. The number of aromatic nitrogens is 3. The highest BCUT2D eigenvalue weighted by Crippen LogP contribution is 2.16. The molecule has 4 nitrogen and oxygen atoms in total. The minimum atomic E-state index is 0.697. The number of fused-ring (bicyclic) bond motifs is 1. The molecule has 1 aliphatic heterocycles. The van der Waals surface area contributed by atoms with Gasteiger partial charge in [-0.25, -0.2) is 0 Å². The van der Waals surface area contributed by atoms with E-state index in [0.29, 0.717) is 4.85 Å². The molecule has 10 heavy (non-hydrogen) atoms. The average Bonchev–Trinajstić information content (AvgIpc) is 2.33. The lowest BCUT2D eigenvalue weighted by Gasteiger charge is -1.96. The Labute approximate surface area is 57.0 Å². The van der Waals surface area contributed by atoms with Gasteiger partial charge in [0, 0.05) is 5.56 Å². The molecule has 0 radical (unpaired) electrons. The van der Waals surface area contributed by atoms with Gasteiger partial charge in [0.15, 0.2) is 0 Å². The minimum absolute atomic E-state index is 0.697. The molecule has 0 aromatic rings. The lowest BCUT2D eigenvalue weighted by atomic mass is 10.3. The summed E-state index contributed by atoms with van der Waals surface area (Å²) < 4.78 is 0. The Kier molecular flexibility index (Phi) is 0.887. The molecule has 4 heteroatoms. The van der Waals surface area contributed by atoms with Crippen LogP contribution in [0.15, 0.2) is 24.4 Å². The number of hydrogen-bond donors (Lipinski definition) is 1. The maximum atomic E-state index is 8.79. The molecule has 0 aromatic heterocycles. The predicted molar refractivity (Wildman–Crippen MR) is 33.8 cm³/mol. The van der Waals surface area contributed by atoms with E-state index in [-0.39, 0.29) is 0 Å². The first kappa shape index (κ1) is 5.22. The van der Waals surface area contributed by atoms with Gasteiger partial charge < -0.3 is 5.21 Å². The molecule has 50 valence electrons. The average molecular weight is 135 g/mol. The zero-order chi connectivity index (χ0) is 6.97.